The molecule has 0 saturated heterocycles. The van der Waals surface area contributed by atoms with E-state index in [2.05, 4.69) is 6.08 Å². The van der Waals surface area contributed by atoms with Crippen molar-refractivity contribution in [2.45, 2.75) is 46.6 Å². The van der Waals surface area contributed by atoms with E-state index in [1.165, 1.54) is 11.6 Å². The average molecular weight is 320 g/mol. The zero-order chi connectivity index (χ0) is 17.6. The normalized spacial score (nSPS) is 11.4. The third-order valence-electron chi connectivity index (χ3n) is 3.59. The number of carboxylic acids is 1. The van der Waals surface area contributed by atoms with E-state index >= 15 is 0 Å². The van der Waals surface area contributed by atoms with Crippen molar-refractivity contribution >= 4 is 5.97 Å². The summed E-state index contributed by atoms with van der Waals surface area (Å²) < 4.78 is 0. The number of hydrogen-bond acceptors (Lipinski definition) is 4. The van der Waals surface area contributed by atoms with E-state index in [0.29, 0.717) is 0 Å². The van der Waals surface area contributed by atoms with Crippen molar-refractivity contribution in [3.63, 3.8) is 0 Å². The van der Waals surface area contributed by atoms with Crippen LogP contribution in [0.1, 0.15) is 55.1 Å². The molecular formula is C18H24O5. The minimum atomic E-state index is -1.34. The van der Waals surface area contributed by atoms with Gasteiger partial charge >= 0.3 is 5.97 Å². The summed E-state index contributed by atoms with van der Waals surface area (Å²) in [5.41, 5.74) is 2.11. The molecule has 0 heterocycles. The van der Waals surface area contributed by atoms with Crippen LogP contribution in [-0.4, -0.2) is 26.4 Å². The Bertz CT molecular complexity index is 637. The van der Waals surface area contributed by atoms with E-state index in [9.17, 15) is 15.0 Å². The first-order chi connectivity index (χ1) is 10.8. The maximum atomic E-state index is 11.2. The van der Waals surface area contributed by atoms with Gasteiger partial charge < -0.3 is 20.4 Å². The fourth-order valence-corrected chi connectivity index (χ4v) is 2.28. The molecule has 0 spiro atoms. The number of carboxylic acid groups (broad SMARTS) is 1. The molecule has 1 aromatic carbocycles. The average Bonchev–Trinajstić information content (AvgIpc) is 2.45. The maximum absolute atomic E-state index is 11.2. The third kappa shape index (κ3) is 5.14. The van der Waals surface area contributed by atoms with Gasteiger partial charge in [0, 0.05) is 5.56 Å². The minimum absolute atomic E-state index is 0.0134. The Kier molecular flexibility index (Phi) is 6.85. The zero-order valence-electron chi connectivity index (χ0n) is 13.8. The number of hydrogen-bond donors (Lipinski definition) is 4. The molecule has 0 saturated carbocycles. The van der Waals surface area contributed by atoms with Crippen LogP contribution in [0.25, 0.3) is 0 Å². The second-order valence-electron chi connectivity index (χ2n) is 5.79. The molecule has 0 aromatic heterocycles. The zero-order valence-corrected chi connectivity index (χ0v) is 13.8. The largest absolute Gasteiger partial charge is 0.508 e. The molecule has 0 radical (unpaired) electrons. The Hall–Kier alpha value is -2.27. The summed E-state index contributed by atoms with van der Waals surface area (Å²) in [6, 6.07) is 1.19. The van der Waals surface area contributed by atoms with Gasteiger partial charge in [0.25, 0.3) is 0 Å². The van der Waals surface area contributed by atoms with Crippen LogP contribution in [0.4, 0.5) is 0 Å². The molecule has 0 atom stereocenters. The van der Waals surface area contributed by atoms with Crippen molar-refractivity contribution in [1.82, 2.24) is 0 Å². The first kappa shape index (κ1) is 18.8. The van der Waals surface area contributed by atoms with Gasteiger partial charge in [0.1, 0.15) is 17.1 Å². The van der Waals surface area contributed by atoms with Gasteiger partial charge in [0.2, 0.25) is 0 Å². The number of aromatic carboxylic acids is 1. The van der Waals surface area contributed by atoms with Gasteiger partial charge in [-0.3, -0.25) is 0 Å². The summed E-state index contributed by atoms with van der Waals surface area (Å²) in [6.45, 7) is 5.45. The standard InChI is InChI=1S/C18H24O5/c1-11(2)5-4-6-12(3)7-8-14-15(20)9-13(10-19)16(17(14)21)18(22)23/h5,7,9,19-21H,4,6,8,10H2,1-3H3,(H,22,23)/b12-7-. The van der Waals surface area contributed by atoms with Crippen molar-refractivity contribution in [3.05, 3.63) is 46.1 Å². The number of aliphatic hydroxyl groups excluding tert-OH is 1. The lowest BCUT2D eigenvalue weighted by Gasteiger charge is -2.12. The molecule has 0 aliphatic rings. The Balaban J connectivity index is 3.03. The quantitative estimate of drug-likeness (QED) is 0.576. The first-order valence-electron chi connectivity index (χ1n) is 7.47. The fourth-order valence-electron chi connectivity index (χ4n) is 2.28. The second kappa shape index (κ2) is 8.39. The van der Waals surface area contributed by atoms with Crippen LogP contribution in [0.2, 0.25) is 0 Å². The lowest BCUT2D eigenvalue weighted by molar-refractivity contribution is 0.0689. The van der Waals surface area contributed by atoms with E-state index in [4.69, 9.17) is 10.2 Å². The molecule has 0 aliphatic carbocycles. The topological polar surface area (TPSA) is 98.0 Å². The van der Waals surface area contributed by atoms with Gasteiger partial charge in [-0.05, 0) is 51.7 Å². The van der Waals surface area contributed by atoms with E-state index in [0.717, 1.165) is 18.4 Å². The maximum Gasteiger partial charge on any atom is 0.339 e. The summed E-state index contributed by atoms with van der Waals surface area (Å²) in [7, 11) is 0. The summed E-state index contributed by atoms with van der Waals surface area (Å²) >= 11 is 0. The number of aliphatic hydroxyl groups is 1. The molecular weight excluding hydrogens is 296 g/mol. The van der Waals surface area contributed by atoms with Crippen LogP contribution in [0, 0.1) is 0 Å². The van der Waals surface area contributed by atoms with Crippen LogP contribution in [0.3, 0.4) is 0 Å². The molecule has 4 N–H and O–H groups in total. The molecule has 0 aliphatic heterocycles. The van der Waals surface area contributed by atoms with Crippen LogP contribution >= 0.6 is 0 Å². The second-order valence-corrected chi connectivity index (χ2v) is 5.79. The monoisotopic (exact) mass is 320 g/mol. The summed E-state index contributed by atoms with van der Waals surface area (Å²) in [6.07, 6.45) is 5.98. The van der Waals surface area contributed by atoms with Crippen LogP contribution in [0.15, 0.2) is 29.4 Å². The van der Waals surface area contributed by atoms with E-state index in [-0.39, 0.29) is 28.9 Å². The van der Waals surface area contributed by atoms with Crippen molar-refractivity contribution < 1.29 is 25.2 Å². The Morgan fingerprint density at radius 3 is 2.35 bits per heavy atom. The molecule has 0 fully saturated rings. The summed E-state index contributed by atoms with van der Waals surface area (Å²) in [5.74, 6) is -2.04. The molecule has 0 bridgehead atoms. The van der Waals surface area contributed by atoms with Gasteiger partial charge in [-0.25, -0.2) is 4.79 Å². The van der Waals surface area contributed by atoms with E-state index in [1.54, 1.807) is 0 Å². The Morgan fingerprint density at radius 2 is 1.83 bits per heavy atom. The summed E-state index contributed by atoms with van der Waals surface area (Å²) in [5, 5.41) is 38.4. The smallest absolute Gasteiger partial charge is 0.339 e. The van der Waals surface area contributed by atoms with Crippen LogP contribution in [-0.2, 0) is 13.0 Å². The number of phenolic OH excluding ortho intramolecular Hbond substituents is 1. The Labute approximate surface area is 136 Å². The van der Waals surface area contributed by atoms with Gasteiger partial charge in [0.05, 0.1) is 6.61 Å². The molecule has 1 rings (SSSR count). The molecule has 126 valence electrons. The van der Waals surface area contributed by atoms with Crippen molar-refractivity contribution in [2.24, 2.45) is 0 Å². The van der Waals surface area contributed by atoms with Gasteiger partial charge in [-0.1, -0.05) is 23.3 Å². The third-order valence-corrected chi connectivity index (χ3v) is 3.59. The molecule has 5 nitrogen and oxygen atoms in total. The Morgan fingerprint density at radius 1 is 1.17 bits per heavy atom. The number of carbonyl (C=O) groups is 1. The van der Waals surface area contributed by atoms with Gasteiger partial charge in [-0.2, -0.15) is 0 Å². The number of benzene rings is 1. The molecule has 5 heteroatoms. The van der Waals surface area contributed by atoms with E-state index < -0.39 is 18.3 Å². The lowest BCUT2D eigenvalue weighted by Crippen LogP contribution is -2.05. The van der Waals surface area contributed by atoms with Gasteiger partial charge in [0.15, 0.2) is 0 Å². The number of allylic oxidation sites excluding steroid dienone is 4. The molecule has 23 heavy (non-hydrogen) atoms. The predicted molar refractivity (Wildman–Crippen MR) is 88.8 cm³/mol. The highest BCUT2D eigenvalue weighted by Crippen LogP contribution is 2.34. The highest BCUT2D eigenvalue weighted by molar-refractivity contribution is 5.93. The van der Waals surface area contributed by atoms with Crippen LogP contribution in [0.5, 0.6) is 11.5 Å². The van der Waals surface area contributed by atoms with Crippen molar-refractivity contribution in [1.29, 1.82) is 0 Å². The number of phenols is 2. The highest BCUT2D eigenvalue weighted by Gasteiger charge is 2.21. The number of rotatable bonds is 7. The van der Waals surface area contributed by atoms with Crippen LogP contribution < -0.4 is 0 Å². The molecule has 1 aromatic rings. The van der Waals surface area contributed by atoms with Gasteiger partial charge in [-0.15, -0.1) is 0 Å². The molecule has 0 amide bonds. The van der Waals surface area contributed by atoms with E-state index in [1.807, 2.05) is 26.8 Å². The summed E-state index contributed by atoms with van der Waals surface area (Å²) in [4.78, 5) is 11.2. The SMILES string of the molecule is CC(C)=CCC/C(C)=C\Cc1c(O)cc(CO)c(C(=O)O)c1O. The predicted octanol–water partition coefficient (Wildman–Crippen LogP) is 3.52. The number of aromatic hydroxyl groups is 2. The lowest BCUT2D eigenvalue weighted by atomic mass is 9.98. The van der Waals surface area contributed by atoms with Crippen molar-refractivity contribution in [2.75, 3.05) is 0 Å². The first-order valence-corrected chi connectivity index (χ1v) is 7.47. The van der Waals surface area contributed by atoms with Crippen molar-refractivity contribution in [3.8, 4) is 11.5 Å². The molecule has 0 unspecified atom stereocenters. The minimum Gasteiger partial charge on any atom is -0.508 e. The highest BCUT2D eigenvalue weighted by atomic mass is 16.4. The fraction of sp³-hybridized carbons (Fsp3) is 0.389.